The zero-order chi connectivity index (χ0) is 14.8. The molecule has 0 aliphatic rings. The van der Waals surface area contributed by atoms with Gasteiger partial charge in [0.05, 0.1) is 11.7 Å². The number of rotatable bonds is 10. The van der Waals surface area contributed by atoms with Crippen molar-refractivity contribution >= 4 is 5.78 Å². The number of hydrogen-bond acceptors (Lipinski definition) is 2. The van der Waals surface area contributed by atoms with E-state index in [1.807, 2.05) is 38.1 Å². The molecule has 0 aliphatic carbocycles. The molecule has 0 N–H and O–H groups in total. The maximum atomic E-state index is 12.3. The highest BCUT2D eigenvalue weighted by Crippen LogP contribution is 2.22. The van der Waals surface area contributed by atoms with E-state index in [9.17, 15) is 4.79 Å². The second kappa shape index (κ2) is 9.57. The van der Waals surface area contributed by atoms with Crippen LogP contribution in [0.15, 0.2) is 24.3 Å². The van der Waals surface area contributed by atoms with Crippen LogP contribution in [-0.4, -0.2) is 11.9 Å². The Labute approximate surface area is 123 Å². The smallest absolute Gasteiger partial charge is 0.166 e. The third-order valence-electron chi connectivity index (χ3n) is 3.31. The van der Waals surface area contributed by atoms with E-state index in [1.165, 1.54) is 25.7 Å². The lowest BCUT2D eigenvalue weighted by molar-refractivity contribution is 0.0973. The Balaban J connectivity index is 2.43. The van der Waals surface area contributed by atoms with Crippen molar-refractivity contribution in [2.75, 3.05) is 0 Å². The van der Waals surface area contributed by atoms with Crippen LogP contribution >= 0.6 is 0 Å². The molecule has 0 heterocycles. The predicted molar refractivity (Wildman–Crippen MR) is 84.5 cm³/mol. The number of hydrogen-bond donors (Lipinski definition) is 0. The second-order valence-electron chi connectivity index (χ2n) is 5.60. The summed E-state index contributed by atoms with van der Waals surface area (Å²) in [7, 11) is 0. The Bertz CT molecular complexity index is 396. The molecule has 0 spiro atoms. The Kier molecular flexibility index (Phi) is 8.01. The molecular weight excluding hydrogens is 248 g/mol. The average molecular weight is 276 g/mol. The molecule has 0 fully saturated rings. The molecule has 1 rings (SSSR count). The summed E-state index contributed by atoms with van der Waals surface area (Å²) in [4.78, 5) is 12.3. The molecule has 0 radical (unpaired) electrons. The van der Waals surface area contributed by atoms with Crippen molar-refractivity contribution in [2.24, 2.45) is 0 Å². The largest absolute Gasteiger partial charge is 0.490 e. The van der Waals surface area contributed by atoms with Gasteiger partial charge in [0.15, 0.2) is 5.78 Å². The lowest BCUT2D eigenvalue weighted by atomic mass is 10.0. The van der Waals surface area contributed by atoms with Crippen molar-refractivity contribution in [1.29, 1.82) is 0 Å². The molecule has 2 heteroatoms. The fraction of sp³-hybridized carbons (Fsp3) is 0.611. The first kappa shape index (κ1) is 16.7. The molecule has 2 nitrogen and oxygen atoms in total. The van der Waals surface area contributed by atoms with Crippen LogP contribution in [-0.2, 0) is 0 Å². The van der Waals surface area contributed by atoms with Gasteiger partial charge in [0, 0.05) is 6.42 Å². The Morgan fingerprint density at radius 3 is 2.40 bits per heavy atom. The number of ether oxygens (including phenoxy) is 1. The van der Waals surface area contributed by atoms with Crippen LogP contribution in [0.2, 0.25) is 0 Å². The first-order valence-electron chi connectivity index (χ1n) is 7.94. The average Bonchev–Trinajstić information content (AvgIpc) is 2.42. The lowest BCUT2D eigenvalue weighted by Gasteiger charge is -2.13. The number of para-hydroxylation sites is 1. The Hall–Kier alpha value is -1.31. The van der Waals surface area contributed by atoms with E-state index in [0.717, 1.165) is 24.2 Å². The standard InChI is InChI=1S/C18H28O2/c1-4-5-6-7-8-9-13-17(19)16-12-10-11-14-18(16)20-15(2)3/h10-12,14-15H,4-9,13H2,1-3H3. The van der Waals surface area contributed by atoms with E-state index in [4.69, 9.17) is 4.74 Å². The normalized spacial score (nSPS) is 10.8. The van der Waals surface area contributed by atoms with E-state index >= 15 is 0 Å². The summed E-state index contributed by atoms with van der Waals surface area (Å²) in [6, 6.07) is 7.58. The van der Waals surface area contributed by atoms with E-state index in [1.54, 1.807) is 0 Å². The number of unbranched alkanes of at least 4 members (excludes halogenated alkanes) is 5. The minimum Gasteiger partial charge on any atom is -0.490 e. The number of carbonyl (C=O) groups excluding carboxylic acids is 1. The van der Waals surface area contributed by atoms with Crippen molar-refractivity contribution in [3.63, 3.8) is 0 Å². The number of ketones is 1. The van der Waals surface area contributed by atoms with Gasteiger partial charge in [-0.25, -0.2) is 0 Å². The van der Waals surface area contributed by atoms with Crippen molar-refractivity contribution in [1.82, 2.24) is 0 Å². The van der Waals surface area contributed by atoms with Gasteiger partial charge in [-0.05, 0) is 32.4 Å². The molecule has 0 saturated carbocycles. The van der Waals surface area contributed by atoms with Crippen molar-refractivity contribution < 1.29 is 9.53 Å². The highest BCUT2D eigenvalue weighted by atomic mass is 16.5. The van der Waals surface area contributed by atoms with Gasteiger partial charge >= 0.3 is 0 Å². The molecule has 0 atom stereocenters. The molecule has 20 heavy (non-hydrogen) atoms. The van der Waals surface area contributed by atoms with Crippen LogP contribution in [0.3, 0.4) is 0 Å². The summed E-state index contributed by atoms with van der Waals surface area (Å²) in [5, 5.41) is 0. The van der Waals surface area contributed by atoms with Gasteiger partial charge in [-0.2, -0.15) is 0 Å². The van der Waals surface area contributed by atoms with Crippen LogP contribution < -0.4 is 4.74 Å². The molecule has 1 aromatic carbocycles. The highest BCUT2D eigenvalue weighted by Gasteiger charge is 2.12. The monoisotopic (exact) mass is 276 g/mol. The third kappa shape index (κ3) is 6.23. The van der Waals surface area contributed by atoms with Gasteiger partial charge in [-0.1, -0.05) is 51.2 Å². The summed E-state index contributed by atoms with van der Waals surface area (Å²) in [5.74, 6) is 0.926. The third-order valence-corrected chi connectivity index (χ3v) is 3.31. The SMILES string of the molecule is CCCCCCCCC(=O)c1ccccc1OC(C)C. The summed E-state index contributed by atoms with van der Waals surface area (Å²) >= 11 is 0. The van der Waals surface area contributed by atoms with Crippen LogP contribution in [0.5, 0.6) is 5.75 Å². The van der Waals surface area contributed by atoms with Gasteiger partial charge in [0.25, 0.3) is 0 Å². The minimum atomic E-state index is 0.0954. The zero-order valence-electron chi connectivity index (χ0n) is 13.2. The van der Waals surface area contributed by atoms with Crippen LogP contribution in [0.1, 0.15) is 76.1 Å². The quantitative estimate of drug-likeness (QED) is 0.422. The summed E-state index contributed by atoms with van der Waals surface area (Å²) < 4.78 is 5.71. The van der Waals surface area contributed by atoms with Crippen LogP contribution in [0, 0.1) is 0 Å². The van der Waals surface area contributed by atoms with E-state index in [-0.39, 0.29) is 11.9 Å². The van der Waals surface area contributed by atoms with Crippen LogP contribution in [0.4, 0.5) is 0 Å². The topological polar surface area (TPSA) is 26.3 Å². The molecular formula is C18H28O2. The molecule has 0 aliphatic heterocycles. The predicted octanol–water partition coefficient (Wildman–Crippen LogP) is 5.41. The molecule has 0 amide bonds. The maximum Gasteiger partial charge on any atom is 0.166 e. The molecule has 0 saturated heterocycles. The fourth-order valence-electron chi connectivity index (χ4n) is 2.25. The molecule has 0 aromatic heterocycles. The van der Waals surface area contributed by atoms with Crippen molar-refractivity contribution in [2.45, 2.75) is 71.8 Å². The van der Waals surface area contributed by atoms with Gasteiger partial charge in [-0.3, -0.25) is 4.79 Å². The first-order chi connectivity index (χ1) is 9.65. The minimum absolute atomic E-state index is 0.0954. The molecule has 112 valence electrons. The van der Waals surface area contributed by atoms with E-state index in [2.05, 4.69) is 6.92 Å². The van der Waals surface area contributed by atoms with Crippen molar-refractivity contribution in [3.8, 4) is 5.75 Å². The second-order valence-corrected chi connectivity index (χ2v) is 5.60. The summed E-state index contributed by atoms with van der Waals surface area (Å²) in [6.45, 7) is 6.18. The highest BCUT2D eigenvalue weighted by molar-refractivity contribution is 5.98. The zero-order valence-corrected chi connectivity index (χ0v) is 13.2. The Morgan fingerprint density at radius 1 is 1.05 bits per heavy atom. The number of Topliss-reactive ketones (excluding diaryl/α,β-unsaturated/α-hetero) is 1. The van der Waals surface area contributed by atoms with Gasteiger partial charge in [0.1, 0.15) is 5.75 Å². The Morgan fingerprint density at radius 2 is 1.70 bits per heavy atom. The van der Waals surface area contributed by atoms with Gasteiger partial charge in [-0.15, -0.1) is 0 Å². The van der Waals surface area contributed by atoms with Gasteiger partial charge < -0.3 is 4.74 Å². The van der Waals surface area contributed by atoms with Crippen molar-refractivity contribution in [3.05, 3.63) is 29.8 Å². The molecule has 0 unspecified atom stereocenters. The first-order valence-corrected chi connectivity index (χ1v) is 7.94. The number of carbonyl (C=O) groups is 1. The summed E-state index contributed by atoms with van der Waals surface area (Å²) in [6.07, 6.45) is 7.96. The summed E-state index contributed by atoms with van der Waals surface area (Å²) in [5.41, 5.74) is 0.731. The maximum absolute atomic E-state index is 12.3. The van der Waals surface area contributed by atoms with Gasteiger partial charge in [0.2, 0.25) is 0 Å². The lowest BCUT2D eigenvalue weighted by Crippen LogP contribution is -2.10. The molecule has 1 aromatic rings. The number of benzene rings is 1. The fourth-order valence-corrected chi connectivity index (χ4v) is 2.25. The molecule has 0 bridgehead atoms. The van der Waals surface area contributed by atoms with Crippen LogP contribution in [0.25, 0.3) is 0 Å². The van der Waals surface area contributed by atoms with E-state index < -0.39 is 0 Å². The van der Waals surface area contributed by atoms with E-state index in [0.29, 0.717) is 6.42 Å².